The van der Waals surface area contributed by atoms with E-state index in [2.05, 4.69) is 6.58 Å². The van der Waals surface area contributed by atoms with Crippen LogP contribution in [0.15, 0.2) is 24.8 Å². The third kappa shape index (κ3) is 2.56. The van der Waals surface area contributed by atoms with Crippen LogP contribution in [0.1, 0.15) is 29.3 Å². The molecule has 0 saturated carbocycles. The van der Waals surface area contributed by atoms with Gasteiger partial charge in [0.05, 0.1) is 25.7 Å². The molecule has 1 aromatic rings. The molecule has 4 nitrogen and oxygen atoms in total. The summed E-state index contributed by atoms with van der Waals surface area (Å²) in [5.41, 5.74) is 0.827. The Morgan fingerprint density at radius 3 is 2.80 bits per heavy atom. The average molecular weight is 276 g/mol. The van der Waals surface area contributed by atoms with Crippen molar-refractivity contribution in [3.8, 4) is 11.5 Å². The van der Waals surface area contributed by atoms with Gasteiger partial charge in [0, 0.05) is 12.7 Å². The van der Waals surface area contributed by atoms with Gasteiger partial charge in [-0.15, -0.1) is 6.58 Å². The van der Waals surface area contributed by atoms with E-state index in [9.17, 15) is 4.79 Å². The monoisotopic (exact) mass is 276 g/mol. The summed E-state index contributed by atoms with van der Waals surface area (Å²) in [5, 5.41) is 0. The zero-order valence-electron chi connectivity index (χ0n) is 12.2. The predicted molar refractivity (Wildman–Crippen MR) is 76.8 cm³/mol. The van der Waals surface area contributed by atoms with E-state index in [1.165, 1.54) is 0 Å². The minimum atomic E-state index is -0.638. The number of Topliss-reactive ketones (excluding diaryl/α,β-unsaturated/α-hetero) is 1. The minimum Gasteiger partial charge on any atom is -0.496 e. The molecule has 0 bridgehead atoms. The summed E-state index contributed by atoms with van der Waals surface area (Å²) >= 11 is 0. The van der Waals surface area contributed by atoms with E-state index in [0.29, 0.717) is 36.5 Å². The molecule has 108 valence electrons. The van der Waals surface area contributed by atoms with E-state index in [1.54, 1.807) is 32.4 Å². The van der Waals surface area contributed by atoms with Crippen molar-refractivity contribution in [2.24, 2.45) is 0 Å². The summed E-state index contributed by atoms with van der Waals surface area (Å²) in [6, 6.07) is 3.56. The lowest BCUT2D eigenvalue weighted by atomic mass is 9.90. The van der Waals surface area contributed by atoms with Crippen LogP contribution in [0.4, 0.5) is 0 Å². The molecule has 0 aliphatic carbocycles. The Morgan fingerprint density at radius 1 is 1.45 bits per heavy atom. The number of allylic oxidation sites excluding steroid dienone is 1. The van der Waals surface area contributed by atoms with Crippen molar-refractivity contribution in [2.45, 2.75) is 25.4 Å². The molecule has 0 amide bonds. The van der Waals surface area contributed by atoms with Crippen LogP contribution in [-0.4, -0.2) is 32.2 Å². The Bertz CT molecular complexity index is 536. The molecule has 0 fully saturated rings. The van der Waals surface area contributed by atoms with Gasteiger partial charge in [-0.05, 0) is 25.5 Å². The summed E-state index contributed by atoms with van der Waals surface area (Å²) in [6.07, 6.45) is 2.67. The normalized spacial score (nSPS) is 21.1. The fraction of sp³-hybridized carbons (Fsp3) is 0.438. The Kier molecular flexibility index (Phi) is 4.14. The summed E-state index contributed by atoms with van der Waals surface area (Å²) < 4.78 is 16.6. The third-order valence-electron chi connectivity index (χ3n) is 3.42. The van der Waals surface area contributed by atoms with Crippen LogP contribution in [0.3, 0.4) is 0 Å². The average Bonchev–Trinajstić information content (AvgIpc) is 2.39. The molecule has 20 heavy (non-hydrogen) atoms. The molecule has 0 N–H and O–H groups in total. The molecule has 1 unspecified atom stereocenters. The van der Waals surface area contributed by atoms with Crippen LogP contribution in [0.5, 0.6) is 11.5 Å². The predicted octanol–water partition coefficient (Wildman–Crippen LogP) is 2.79. The van der Waals surface area contributed by atoms with E-state index in [0.717, 1.165) is 5.56 Å². The van der Waals surface area contributed by atoms with Gasteiger partial charge in [-0.1, -0.05) is 6.08 Å². The van der Waals surface area contributed by atoms with Crippen molar-refractivity contribution < 1.29 is 19.0 Å². The van der Waals surface area contributed by atoms with E-state index >= 15 is 0 Å². The van der Waals surface area contributed by atoms with Crippen LogP contribution < -0.4 is 9.47 Å². The lowest BCUT2D eigenvalue weighted by Gasteiger charge is -2.35. The van der Waals surface area contributed by atoms with Gasteiger partial charge in [0.15, 0.2) is 5.78 Å². The van der Waals surface area contributed by atoms with Gasteiger partial charge in [0.25, 0.3) is 0 Å². The Morgan fingerprint density at radius 2 is 2.20 bits per heavy atom. The summed E-state index contributed by atoms with van der Waals surface area (Å²) in [6.45, 7) is 6.00. The molecule has 0 radical (unpaired) electrons. The largest absolute Gasteiger partial charge is 0.496 e. The molecule has 1 heterocycles. The topological polar surface area (TPSA) is 44.8 Å². The minimum absolute atomic E-state index is 0.0683. The highest BCUT2D eigenvalue weighted by molar-refractivity contribution is 6.01. The second kappa shape index (κ2) is 5.67. The molecular formula is C16H20O4. The molecule has 0 saturated heterocycles. The summed E-state index contributed by atoms with van der Waals surface area (Å²) in [7, 11) is 3.21. The van der Waals surface area contributed by atoms with Gasteiger partial charge in [-0.3, -0.25) is 4.79 Å². The summed E-state index contributed by atoms with van der Waals surface area (Å²) in [5.74, 6) is 1.37. The van der Waals surface area contributed by atoms with Gasteiger partial charge in [-0.25, -0.2) is 0 Å². The van der Waals surface area contributed by atoms with Crippen molar-refractivity contribution >= 4 is 5.78 Å². The van der Waals surface area contributed by atoms with Crippen LogP contribution >= 0.6 is 0 Å². The molecular weight excluding hydrogens is 256 g/mol. The second-order valence-electron chi connectivity index (χ2n) is 5.20. The van der Waals surface area contributed by atoms with E-state index in [1.807, 2.05) is 6.92 Å². The van der Waals surface area contributed by atoms with Crippen LogP contribution in [0.2, 0.25) is 0 Å². The molecule has 4 heteroatoms. The highest BCUT2D eigenvalue weighted by atomic mass is 16.5. The van der Waals surface area contributed by atoms with Crippen LogP contribution in [0.25, 0.3) is 0 Å². The van der Waals surface area contributed by atoms with E-state index in [4.69, 9.17) is 14.2 Å². The first-order chi connectivity index (χ1) is 9.54. The van der Waals surface area contributed by atoms with E-state index in [-0.39, 0.29) is 5.78 Å². The number of hydrogen-bond donors (Lipinski definition) is 0. The number of rotatable bonds is 5. The SMILES string of the molecule is C=CCc1c(OC)ccc2c1OC(C)(COC)CC2=O. The molecule has 1 atom stereocenters. The Balaban J connectivity index is 2.53. The maximum Gasteiger partial charge on any atom is 0.170 e. The van der Waals surface area contributed by atoms with Crippen LogP contribution in [0, 0.1) is 0 Å². The number of carbonyl (C=O) groups excluding carboxylic acids is 1. The Hall–Kier alpha value is -1.81. The Labute approximate surface area is 119 Å². The first-order valence-corrected chi connectivity index (χ1v) is 6.56. The quantitative estimate of drug-likeness (QED) is 0.776. The smallest absolute Gasteiger partial charge is 0.170 e. The van der Waals surface area contributed by atoms with Crippen molar-refractivity contribution in [3.63, 3.8) is 0 Å². The summed E-state index contributed by atoms with van der Waals surface area (Å²) in [4.78, 5) is 12.3. The van der Waals surface area contributed by atoms with Gasteiger partial charge in [-0.2, -0.15) is 0 Å². The molecule has 1 aliphatic rings. The molecule has 1 aliphatic heterocycles. The van der Waals surface area contributed by atoms with Crippen molar-refractivity contribution in [2.75, 3.05) is 20.8 Å². The van der Waals surface area contributed by atoms with Gasteiger partial charge >= 0.3 is 0 Å². The van der Waals surface area contributed by atoms with Gasteiger partial charge in [0.2, 0.25) is 0 Å². The van der Waals surface area contributed by atoms with Crippen molar-refractivity contribution in [1.82, 2.24) is 0 Å². The third-order valence-corrected chi connectivity index (χ3v) is 3.42. The first-order valence-electron chi connectivity index (χ1n) is 6.56. The zero-order valence-corrected chi connectivity index (χ0v) is 12.2. The lowest BCUT2D eigenvalue weighted by Crippen LogP contribution is -2.43. The van der Waals surface area contributed by atoms with E-state index < -0.39 is 5.60 Å². The number of fused-ring (bicyclic) bond motifs is 1. The number of ether oxygens (including phenoxy) is 3. The number of carbonyl (C=O) groups is 1. The first kappa shape index (κ1) is 14.6. The number of methoxy groups -OCH3 is 2. The molecule has 1 aromatic carbocycles. The second-order valence-corrected chi connectivity index (χ2v) is 5.20. The lowest BCUT2D eigenvalue weighted by molar-refractivity contribution is -0.00648. The highest BCUT2D eigenvalue weighted by Gasteiger charge is 2.38. The van der Waals surface area contributed by atoms with Gasteiger partial charge in [0.1, 0.15) is 17.1 Å². The zero-order chi connectivity index (χ0) is 14.8. The van der Waals surface area contributed by atoms with Crippen molar-refractivity contribution in [3.05, 3.63) is 35.9 Å². The fourth-order valence-corrected chi connectivity index (χ4v) is 2.58. The molecule has 0 spiro atoms. The van der Waals surface area contributed by atoms with Crippen LogP contribution in [-0.2, 0) is 11.2 Å². The molecule has 2 rings (SSSR count). The number of benzene rings is 1. The molecule has 0 aromatic heterocycles. The number of hydrogen-bond acceptors (Lipinski definition) is 4. The number of ketones is 1. The highest BCUT2D eigenvalue weighted by Crippen LogP contribution is 2.40. The standard InChI is InChI=1S/C16H20O4/c1-5-6-12-14(19-4)8-7-11-13(17)9-16(2,10-18-3)20-15(11)12/h5,7-8H,1,6,9-10H2,2-4H3. The van der Waals surface area contributed by atoms with Gasteiger partial charge < -0.3 is 14.2 Å². The maximum absolute atomic E-state index is 12.3. The van der Waals surface area contributed by atoms with Crippen molar-refractivity contribution in [1.29, 1.82) is 0 Å². The maximum atomic E-state index is 12.3. The fourth-order valence-electron chi connectivity index (χ4n) is 2.58.